The average molecular weight is 242 g/mol. The highest BCUT2D eigenvalue weighted by atomic mass is 16.5. The largest absolute Gasteiger partial charge is 0.380 e. The molecule has 1 heterocycles. The van der Waals surface area contributed by atoms with Crippen molar-refractivity contribution in [3.63, 3.8) is 0 Å². The van der Waals surface area contributed by atoms with Gasteiger partial charge in [0.15, 0.2) is 0 Å². The van der Waals surface area contributed by atoms with Gasteiger partial charge in [-0.05, 0) is 39.3 Å². The van der Waals surface area contributed by atoms with Crippen LogP contribution in [0, 0.1) is 0 Å². The van der Waals surface area contributed by atoms with Crippen molar-refractivity contribution in [3.05, 3.63) is 0 Å². The molecule has 0 saturated carbocycles. The summed E-state index contributed by atoms with van der Waals surface area (Å²) in [6, 6.07) is 1.31. The van der Waals surface area contributed by atoms with Gasteiger partial charge in [-0.2, -0.15) is 0 Å². The molecule has 0 aromatic carbocycles. The molecule has 1 rings (SSSR count). The van der Waals surface area contributed by atoms with Crippen molar-refractivity contribution < 1.29 is 4.74 Å². The zero-order chi connectivity index (χ0) is 12.5. The third-order valence-corrected chi connectivity index (χ3v) is 3.64. The normalized spacial score (nSPS) is 23.8. The average Bonchev–Trinajstić information content (AvgIpc) is 2.35. The molecule has 0 spiro atoms. The number of piperidine rings is 1. The van der Waals surface area contributed by atoms with E-state index in [4.69, 9.17) is 4.74 Å². The Morgan fingerprint density at radius 1 is 1.29 bits per heavy atom. The van der Waals surface area contributed by atoms with Crippen molar-refractivity contribution in [2.24, 2.45) is 0 Å². The van der Waals surface area contributed by atoms with Crippen molar-refractivity contribution in [3.8, 4) is 0 Å². The van der Waals surface area contributed by atoms with Crippen LogP contribution in [0.3, 0.4) is 0 Å². The van der Waals surface area contributed by atoms with E-state index in [1.165, 1.54) is 25.8 Å². The van der Waals surface area contributed by atoms with Crippen LogP contribution in [0.25, 0.3) is 0 Å². The summed E-state index contributed by atoms with van der Waals surface area (Å²) in [4.78, 5) is 2.62. The number of likely N-dealkylation sites (N-methyl/N-ethyl adjacent to an activating group) is 1. The fourth-order valence-corrected chi connectivity index (χ4v) is 2.75. The first-order valence-electron chi connectivity index (χ1n) is 7.34. The third-order valence-electron chi connectivity index (χ3n) is 3.64. The lowest BCUT2D eigenvalue weighted by atomic mass is 9.96. The Bertz CT molecular complexity index is 187. The van der Waals surface area contributed by atoms with Gasteiger partial charge in [-0.1, -0.05) is 20.3 Å². The zero-order valence-electron chi connectivity index (χ0n) is 11.9. The monoisotopic (exact) mass is 242 g/mol. The van der Waals surface area contributed by atoms with E-state index in [2.05, 4.69) is 31.0 Å². The lowest BCUT2D eigenvalue weighted by Gasteiger charge is -2.39. The first-order chi connectivity index (χ1) is 8.29. The Morgan fingerprint density at radius 3 is 2.82 bits per heavy atom. The van der Waals surface area contributed by atoms with Gasteiger partial charge in [0.2, 0.25) is 0 Å². The van der Waals surface area contributed by atoms with Crippen molar-refractivity contribution in [2.75, 3.05) is 32.8 Å². The standard InChI is InChI=1S/C14H30N2O/c1-4-11-17-12-10-16-9-7-6-8-14(16)13(3)15-5-2/h13-15H,4-12H2,1-3H3. The Balaban J connectivity index is 2.31. The van der Waals surface area contributed by atoms with Crippen LogP contribution in [-0.4, -0.2) is 49.8 Å². The van der Waals surface area contributed by atoms with Crippen molar-refractivity contribution >= 4 is 0 Å². The smallest absolute Gasteiger partial charge is 0.0593 e. The minimum Gasteiger partial charge on any atom is -0.380 e. The Hall–Kier alpha value is -0.120. The molecule has 1 fully saturated rings. The van der Waals surface area contributed by atoms with Gasteiger partial charge in [-0.15, -0.1) is 0 Å². The molecule has 102 valence electrons. The Morgan fingerprint density at radius 2 is 2.12 bits per heavy atom. The van der Waals surface area contributed by atoms with E-state index in [-0.39, 0.29) is 0 Å². The van der Waals surface area contributed by atoms with E-state index in [1.54, 1.807) is 0 Å². The van der Waals surface area contributed by atoms with Gasteiger partial charge >= 0.3 is 0 Å². The molecule has 3 heteroatoms. The van der Waals surface area contributed by atoms with Gasteiger partial charge in [-0.3, -0.25) is 4.90 Å². The van der Waals surface area contributed by atoms with Crippen LogP contribution < -0.4 is 5.32 Å². The van der Waals surface area contributed by atoms with Crippen LogP contribution in [0.4, 0.5) is 0 Å². The second-order valence-corrected chi connectivity index (χ2v) is 5.06. The van der Waals surface area contributed by atoms with E-state index in [9.17, 15) is 0 Å². The number of hydrogen-bond donors (Lipinski definition) is 1. The molecule has 2 unspecified atom stereocenters. The van der Waals surface area contributed by atoms with E-state index >= 15 is 0 Å². The predicted molar refractivity (Wildman–Crippen MR) is 73.5 cm³/mol. The first-order valence-corrected chi connectivity index (χ1v) is 7.34. The second-order valence-electron chi connectivity index (χ2n) is 5.06. The highest BCUT2D eigenvalue weighted by molar-refractivity contribution is 4.84. The highest BCUT2D eigenvalue weighted by Crippen LogP contribution is 2.19. The number of nitrogens with zero attached hydrogens (tertiary/aromatic N) is 1. The summed E-state index contributed by atoms with van der Waals surface area (Å²) in [5.41, 5.74) is 0. The molecule has 3 nitrogen and oxygen atoms in total. The fourth-order valence-electron chi connectivity index (χ4n) is 2.75. The van der Waals surface area contributed by atoms with Crippen LogP contribution in [-0.2, 0) is 4.74 Å². The molecule has 0 aromatic heterocycles. The van der Waals surface area contributed by atoms with Gasteiger partial charge in [-0.25, -0.2) is 0 Å². The molecule has 1 saturated heterocycles. The van der Waals surface area contributed by atoms with E-state index in [0.717, 1.165) is 32.7 Å². The summed E-state index contributed by atoms with van der Waals surface area (Å²) in [5, 5.41) is 3.56. The molecule has 17 heavy (non-hydrogen) atoms. The van der Waals surface area contributed by atoms with E-state index in [0.29, 0.717) is 12.1 Å². The second kappa shape index (κ2) is 8.90. The number of likely N-dealkylation sites (tertiary alicyclic amines) is 1. The molecule has 0 amide bonds. The molecular weight excluding hydrogens is 212 g/mol. The molecule has 0 bridgehead atoms. The summed E-state index contributed by atoms with van der Waals surface area (Å²) in [6.07, 6.45) is 5.19. The third kappa shape index (κ3) is 5.36. The van der Waals surface area contributed by atoms with E-state index in [1.807, 2.05) is 0 Å². The van der Waals surface area contributed by atoms with Crippen molar-refractivity contribution in [2.45, 2.75) is 58.5 Å². The summed E-state index contributed by atoms with van der Waals surface area (Å²) in [5.74, 6) is 0. The molecule has 0 aliphatic carbocycles. The van der Waals surface area contributed by atoms with Gasteiger partial charge in [0, 0.05) is 25.2 Å². The van der Waals surface area contributed by atoms with Crippen LogP contribution in [0.1, 0.15) is 46.5 Å². The zero-order valence-corrected chi connectivity index (χ0v) is 11.9. The summed E-state index contributed by atoms with van der Waals surface area (Å²) >= 11 is 0. The Kier molecular flexibility index (Phi) is 7.82. The van der Waals surface area contributed by atoms with Gasteiger partial charge < -0.3 is 10.1 Å². The highest BCUT2D eigenvalue weighted by Gasteiger charge is 2.26. The van der Waals surface area contributed by atoms with Crippen LogP contribution in [0.5, 0.6) is 0 Å². The minimum absolute atomic E-state index is 0.603. The number of ether oxygens (including phenoxy) is 1. The van der Waals surface area contributed by atoms with Crippen LogP contribution >= 0.6 is 0 Å². The maximum Gasteiger partial charge on any atom is 0.0593 e. The quantitative estimate of drug-likeness (QED) is 0.661. The number of nitrogens with one attached hydrogen (secondary N) is 1. The van der Waals surface area contributed by atoms with Crippen molar-refractivity contribution in [1.29, 1.82) is 0 Å². The van der Waals surface area contributed by atoms with Gasteiger partial charge in [0.1, 0.15) is 0 Å². The molecule has 1 aliphatic rings. The SMILES string of the molecule is CCCOCCN1CCCCC1C(C)NCC. The summed E-state index contributed by atoms with van der Waals surface area (Å²) < 4.78 is 5.61. The molecule has 2 atom stereocenters. The summed E-state index contributed by atoms with van der Waals surface area (Å²) in [6.45, 7) is 11.9. The van der Waals surface area contributed by atoms with Crippen LogP contribution in [0.15, 0.2) is 0 Å². The molecule has 1 N–H and O–H groups in total. The maximum absolute atomic E-state index is 5.61. The topological polar surface area (TPSA) is 24.5 Å². The van der Waals surface area contributed by atoms with Gasteiger partial charge in [0.05, 0.1) is 6.61 Å². The fraction of sp³-hybridized carbons (Fsp3) is 1.00. The first kappa shape index (κ1) is 14.9. The Labute approximate surface area is 107 Å². The lowest BCUT2D eigenvalue weighted by molar-refractivity contribution is 0.0612. The predicted octanol–water partition coefficient (Wildman–Crippen LogP) is 2.27. The number of hydrogen-bond acceptors (Lipinski definition) is 3. The number of rotatable bonds is 8. The van der Waals surface area contributed by atoms with E-state index < -0.39 is 0 Å². The van der Waals surface area contributed by atoms with Gasteiger partial charge in [0.25, 0.3) is 0 Å². The van der Waals surface area contributed by atoms with Crippen molar-refractivity contribution in [1.82, 2.24) is 10.2 Å². The molecular formula is C14H30N2O. The molecule has 1 aliphatic heterocycles. The minimum atomic E-state index is 0.603. The lowest BCUT2D eigenvalue weighted by Crippen LogP contribution is -2.51. The maximum atomic E-state index is 5.61. The summed E-state index contributed by atoms with van der Waals surface area (Å²) in [7, 11) is 0. The molecule has 0 aromatic rings. The molecule has 0 radical (unpaired) electrons. The van der Waals surface area contributed by atoms with Crippen LogP contribution in [0.2, 0.25) is 0 Å².